The van der Waals surface area contributed by atoms with E-state index in [0.717, 1.165) is 24.5 Å². The molecule has 1 saturated carbocycles. The highest BCUT2D eigenvalue weighted by atomic mass is 16.1. The van der Waals surface area contributed by atoms with Crippen molar-refractivity contribution < 1.29 is 4.79 Å². The summed E-state index contributed by atoms with van der Waals surface area (Å²) in [5.74, 6) is 0.990. The zero-order valence-corrected chi connectivity index (χ0v) is 10.9. The van der Waals surface area contributed by atoms with Gasteiger partial charge in [0.2, 0.25) is 5.91 Å². The Labute approximate surface area is 109 Å². The number of carbonyl (C=O) groups is 1. The molecule has 1 heterocycles. The van der Waals surface area contributed by atoms with Gasteiger partial charge in [-0.3, -0.25) is 9.78 Å². The Bertz CT molecular complexity index is 358. The zero-order valence-electron chi connectivity index (χ0n) is 10.9. The molecule has 0 aliphatic heterocycles. The Morgan fingerprint density at radius 2 is 2.17 bits per heavy atom. The van der Waals surface area contributed by atoms with Crippen molar-refractivity contribution >= 4 is 5.91 Å². The monoisotopic (exact) mass is 246 g/mol. The fraction of sp³-hybridized carbons (Fsp3) is 0.600. The van der Waals surface area contributed by atoms with Crippen LogP contribution in [0.5, 0.6) is 0 Å². The van der Waals surface area contributed by atoms with Crippen molar-refractivity contribution in [2.24, 2.45) is 5.92 Å². The summed E-state index contributed by atoms with van der Waals surface area (Å²) < 4.78 is 0. The second-order valence-corrected chi connectivity index (χ2v) is 5.11. The van der Waals surface area contributed by atoms with Gasteiger partial charge in [0.1, 0.15) is 0 Å². The topological polar surface area (TPSA) is 42.0 Å². The van der Waals surface area contributed by atoms with E-state index in [-0.39, 0.29) is 5.91 Å². The molecular formula is C15H22N2O. The third-order valence-corrected chi connectivity index (χ3v) is 3.68. The fourth-order valence-electron chi connectivity index (χ4n) is 2.60. The first kappa shape index (κ1) is 13.1. The Balaban J connectivity index is 1.57. The zero-order chi connectivity index (χ0) is 12.6. The Morgan fingerprint density at radius 1 is 1.33 bits per heavy atom. The lowest BCUT2D eigenvalue weighted by molar-refractivity contribution is -0.121. The van der Waals surface area contributed by atoms with Gasteiger partial charge in [-0.1, -0.05) is 31.7 Å². The smallest absolute Gasteiger partial charge is 0.220 e. The quantitative estimate of drug-likeness (QED) is 0.838. The van der Waals surface area contributed by atoms with E-state index >= 15 is 0 Å². The molecule has 0 atom stereocenters. The predicted molar refractivity (Wildman–Crippen MR) is 72.1 cm³/mol. The van der Waals surface area contributed by atoms with E-state index in [1.54, 1.807) is 6.20 Å². The normalized spacial score (nSPS) is 15.8. The molecule has 0 radical (unpaired) electrons. The van der Waals surface area contributed by atoms with Crippen LogP contribution in [0.25, 0.3) is 0 Å². The minimum Gasteiger partial charge on any atom is -0.356 e. The maximum atomic E-state index is 11.7. The van der Waals surface area contributed by atoms with E-state index in [2.05, 4.69) is 10.3 Å². The molecule has 0 bridgehead atoms. The van der Waals surface area contributed by atoms with Gasteiger partial charge in [0.15, 0.2) is 0 Å². The lowest BCUT2D eigenvalue weighted by atomic mass is 10.0. The van der Waals surface area contributed by atoms with Crippen molar-refractivity contribution in [3.05, 3.63) is 30.1 Å². The second-order valence-electron chi connectivity index (χ2n) is 5.11. The molecule has 3 nitrogen and oxygen atoms in total. The van der Waals surface area contributed by atoms with E-state index in [0.29, 0.717) is 13.0 Å². The van der Waals surface area contributed by atoms with E-state index in [1.807, 2.05) is 18.2 Å². The number of hydrogen-bond acceptors (Lipinski definition) is 2. The van der Waals surface area contributed by atoms with Crippen LogP contribution in [-0.4, -0.2) is 17.4 Å². The average molecular weight is 246 g/mol. The number of nitrogens with zero attached hydrogens (tertiary/aromatic N) is 1. The molecule has 1 fully saturated rings. The van der Waals surface area contributed by atoms with E-state index in [9.17, 15) is 4.79 Å². The minimum atomic E-state index is 0.192. The molecule has 1 N–H and O–H groups in total. The van der Waals surface area contributed by atoms with Crippen LogP contribution in [0.1, 0.15) is 44.2 Å². The molecule has 1 aliphatic rings. The highest BCUT2D eigenvalue weighted by Gasteiger charge is 2.15. The van der Waals surface area contributed by atoms with E-state index in [4.69, 9.17) is 0 Å². The number of amides is 1. The van der Waals surface area contributed by atoms with E-state index < -0.39 is 0 Å². The van der Waals surface area contributed by atoms with Crippen molar-refractivity contribution in [3.8, 4) is 0 Å². The first-order chi connectivity index (χ1) is 8.84. The molecule has 0 saturated heterocycles. The molecule has 2 rings (SSSR count). The molecule has 1 aliphatic carbocycles. The van der Waals surface area contributed by atoms with Crippen LogP contribution >= 0.6 is 0 Å². The summed E-state index contributed by atoms with van der Waals surface area (Å²) in [6, 6.07) is 5.87. The molecule has 0 unspecified atom stereocenters. The lowest BCUT2D eigenvalue weighted by Gasteiger charge is -2.08. The summed E-state index contributed by atoms with van der Waals surface area (Å²) in [6.45, 7) is 0.695. The molecule has 1 amide bonds. The van der Waals surface area contributed by atoms with Gasteiger partial charge in [-0.2, -0.15) is 0 Å². The van der Waals surface area contributed by atoms with Crippen LogP contribution < -0.4 is 5.32 Å². The van der Waals surface area contributed by atoms with Crippen molar-refractivity contribution in [2.75, 3.05) is 6.54 Å². The Kier molecular flexibility index (Phi) is 5.18. The standard InChI is InChI=1S/C15H22N2O/c18-15(9-8-13-5-1-2-6-13)17-12-10-14-7-3-4-11-16-14/h3-4,7,11,13H,1-2,5-6,8-10,12H2,(H,17,18). The summed E-state index contributed by atoms with van der Waals surface area (Å²) in [5.41, 5.74) is 1.04. The summed E-state index contributed by atoms with van der Waals surface area (Å²) in [6.07, 6.45) is 9.70. The van der Waals surface area contributed by atoms with Crippen LogP contribution in [0.2, 0.25) is 0 Å². The second kappa shape index (κ2) is 7.14. The summed E-state index contributed by atoms with van der Waals surface area (Å²) in [4.78, 5) is 15.9. The number of hydrogen-bond donors (Lipinski definition) is 1. The number of nitrogens with one attached hydrogen (secondary N) is 1. The maximum absolute atomic E-state index is 11.7. The summed E-state index contributed by atoms with van der Waals surface area (Å²) in [7, 11) is 0. The van der Waals surface area contributed by atoms with Crippen LogP contribution in [0.4, 0.5) is 0 Å². The molecular weight excluding hydrogens is 224 g/mol. The molecule has 3 heteroatoms. The molecule has 0 aromatic carbocycles. The van der Waals surface area contributed by atoms with Crippen LogP contribution in [0, 0.1) is 5.92 Å². The van der Waals surface area contributed by atoms with Gasteiger partial charge in [-0.25, -0.2) is 0 Å². The van der Waals surface area contributed by atoms with Crippen LogP contribution in [0.3, 0.4) is 0 Å². The van der Waals surface area contributed by atoms with Crippen LogP contribution in [0.15, 0.2) is 24.4 Å². The number of rotatable bonds is 6. The fourth-order valence-corrected chi connectivity index (χ4v) is 2.60. The van der Waals surface area contributed by atoms with Gasteiger partial charge in [0.05, 0.1) is 0 Å². The molecule has 18 heavy (non-hydrogen) atoms. The molecule has 1 aromatic heterocycles. The molecule has 0 spiro atoms. The minimum absolute atomic E-state index is 0.192. The van der Waals surface area contributed by atoms with Gasteiger partial charge < -0.3 is 5.32 Å². The van der Waals surface area contributed by atoms with E-state index in [1.165, 1.54) is 25.7 Å². The van der Waals surface area contributed by atoms with Crippen molar-refractivity contribution in [1.29, 1.82) is 0 Å². The average Bonchev–Trinajstić information content (AvgIpc) is 2.91. The van der Waals surface area contributed by atoms with Crippen molar-refractivity contribution in [2.45, 2.75) is 44.9 Å². The number of aromatic nitrogens is 1. The predicted octanol–water partition coefficient (Wildman–Crippen LogP) is 2.71. The van der Waals surface area contributed by atoms with Gasteiger partial charge in [-0.15, -0.1) is 0 Å². The number of carbonyl (C=O) groups excluding carboxylic acids is 1. The highest BCUT2D eigenvalue weighted by Crippen LogP contribution is 2.28. The summed E-state index contributed by atoms with van der Waals surface area (Å²) >= 11 is 0. The first-order valence-corrected chi connectivity index (χ1v) is 7.01. The summed E-state index contributed by atoms with van der Waals surface area (Å²) in [5, 5.41) is 2.98. The largest absolute Gasteiger partial charge is 0.356 e. The maximum Gasteiger partial charge on any atom is 0.220 e. The Hall–Kier alpha value is -1.38. The lowest BCUT2D eigenvalue weighted by Crippen LogP contribution is -2.26. The Morgan fingerprint density at radius 3 is 2.89 bits per heavy atom. The third-order valence-electron chi connectivity index (χ3n) is 3.68. The van der Waals surface area contributed by atoms with Crippen molar-refractivity contribution in [3.63, 3.8) is 0 Å². The highest BCUT2D eigenvalue weighted by molar-refractivity contribution is 5.75. The van der Waals surface area contributed by atoms with Gasteiger partial charge in [-0.05, 0) is 24.5 Å². The third kappa shape index (κ3) is 4.47. The van der Waals surface area contributed by atoms with Crippen LogP contribution in [-0.2, 0) is 11.2 Å². The van der Waals surface area contributed by atoms with Crippen molar-refractivity contribution in [1.82, 2.24) is 10.3 Å². The van der Waals surface area contributed by atoms with Gasteiger partial charge >= 0.3 is 0 Å². The molecule has 1 aromatic rings. The van der Waals surface area contributed by atoms with Gasteiger partial charge in [0.25, 0.3) is 0 Å². The molecule has 98 valence electrons. The number of pyridine rings is 1. The van der Waals surface area contributed by atoms with Gasteiger partial charge in [0, 0.05) is 31.3 Å². The SMILES string of the molecule is O=C(CCC1CCCC1)NCCc1ccccn1. The first-order valence-electron chi connectivity index (χ1n) is 7.01.